The predicted octanol–water partition coefficient (Wildman–Crippen LogP) is 3.44. The number of piperidine rings is 1. The van der Waals surface area contributed by atoms with E-state index in [2.05, 4.69) is 0 Å². The second kappa shape index (κ2) is 7.15. The van der Waals surface area contributed by atoms with Crippen molar-refractivity contribution in [2.45, 2.75) is 23.0 Å². The summed E-state index contributed by atoms with van der Waals surface area (Å²) in [6, 6.07) is 17.0. The standard InChI is InChI=1S/C17H19NO3S/c19-18-11-9-16(10-12-18)22(20)17-8-4-7-15(13-17)21-14-5-2-1-3-6-14/h1-8,13,16,19H,9-12H2. The molecule has 1 heterocycles. The summed E-state index contributed by atoms with van der Waals surface area (Å²) in [4.78, 5) is 0.782. The molecule has 0 radical (unpaired) electrons. The van der Waals surface area contributed by atoms with E-state index in [0.717, 1.165) is 23.5 Å². The van der Waals surface area contributed by atoms with Crippen molar-refractivity contribution in [3.05, 3.63) is 54.6 Å². The maximum atomic E-state index is 12.7. The predicted molar refractivity (Wildman–Crippen MR) is 85.7 cm³/mol. The van der Waals surface area contributed by atoms with Gasteiger partial charge in [0, 0.05) is 32.0 Å². The van der Waals surface area contributed by atoms with Crippen LogP contribution in [0.2, 0.25) is 0 Å². The Morgan fingerprint density at radius 3 is 2.41 bits per heavy atom. The monoisotopic (exact) mass is 317 g/mol. The van der Waals surface area contributed by atoms with Gasteiger partial charge in [0.15, 0.2) is 4.90 Å². The van der Waals surface area contributed by atoms with Gasteiger partial charge < -0.3 is 14.5 Å². The molecule has 5 heteroatoms. The van der Waals surface area contributed by atoms with E-state index in [-0.39, 0.29) is 5.25 Å². The van der Waals surface area contributed by atoms with Crippen LogP contribution in [0.1, 0.15) is 12.8 Å². The number of nitrogens with zero attached hydrogens (tertiary/aromatic N) is 1. The van der Waals surface area contributed by atoms with Gasteiger partial charge in [-0.25, -0.2) is 0 Å². The summed E-state index contributed by atoms with van der Waals surface area (Å²) in [5, 5.41) is 10.8. The number of hydrogen-bond acceptors (Lipinski definition) is 4. The number of rotatable bonds is 4. The smallest absolute Gasteiger partial charge is 0.156 e. The van der Waals surface area contributed by atoms with Crippen LogP contribution >= 0.6 is 0 Å². The van der Waals surface area contributed by atoms with Crippen molar-refractivity contribution < 1.29 is 14.5 Å². The van der Waals surface area contributed by atoms with Crippen molar-refractivity contribution in [2.75, 3.05) is 13.1 Å². The summed E-state index contributed by atoms with van der Waals surface area (Å²) in [7, 11) is 0. The molecule has 0 amide bonds. The Kier molecular flexibility index (Phi) is 5.00. The molecule has 2 aromatic rings. The van der Waals surface area contributed by atoms with Crippen LogP contribution in [0.5, 0.6) is 11.5 Å². The number of hydroxylamine groups is 2. The lowest BCUT2D eigenvalue weighted by Crippen LogP contribution is -2.37. The van der Waals surface area contributed by atoms with Gasteiger partial charge >= 0.3 is 0 Å². The molecular weight excluding hydrogens is 298 g/mol. The lowest BCUT2D eigenvalue weighted by Gasteiger charge is -2.28. The molecule has 0 spiro atoms. The van der Waals surface area contributed by atoms with Crippen LogP contribution in [0.3, 0.4) is 0 Å². The molecule has 2 aromatic carbocycles. The van der Waals surface area contributed by atoms with E-state index in [1.54, 1.807) is 0 Å². The third kappa shape index (κ3) is 3.81. The minimum absolute atomic E-state index is 0.0929. The van der Waals surface area contributed by atoms with E-state index in [1.807, 2.05) is 54.6 Å². The van der Waals surface area contributed by atoms with Crippen molar-refractivity contribution in [3.63, 3.8) is 0 Å². The summed E-state index contributed by atoms with van der Waals surface area (Å²) in [5.74, 6) is 1.45. The van der Waals surface area contributed by atoms with Crippen LogP contribution in [0, 0.1) is 0 Å². The molecule has 22 heavy (non-hydrogen) atoms. The topological polar surface area (TPSA) is 55.8 Å². The van der Waals surface area contributed by atoms with Crippen molar-refractivity contribution in [3.8, 4) is 11.5 Å². The van der Waals surface area contributed by atoms with E-state index in [1.165, 1.54) is 5.06 Å². The van der Waals surface area contributed by atoms with Gasteiger partial charge in [0.05, 0.1) is 0 Å². The summed E-state index contributed by atoms with van der Waals surface area (Å²) in [5.41, 5.74) is 0. The Morgan fingerprint density at radius 2 is 1.68 bits per heavy atom. The maximum absolute atomic E-state index is 12.7. The van der Waals surface area contributed by atoms with Gasteiger partial charge in [-0.15, -0.1) is 0 Å². The van der Waals surface area contributed by atoms with Gasteiger partial charge in [-0.05, 0) is 35.4 Å². The molecule has 1 aliphatic rings. The van der Waals surface area contributed by atoms with E-state index in [0.29, 0.717) is 18.8 Å². The molecule has 0 bridgehead atoms. The molecule has 4 nitrogen and oxygen atoms in total. The van der Waals surface area contributed by atoms with E-state index in [9.17, 15) is 9.76 Å². The second-order valence-corrected chi connectivity index (χ2v) is 7.07. The lowest BCUT2D eigenvalue weighted by atomic mass is 10.2. The molecule has 1 fully saturated rings. The highest BCUT2D eigenvalue weighted by Crippen LogP contribution is 2.28. The average molecular weight is 317 g/mol. The Balaban J connectivity index is 1.70. The minimum Gasteiger partial charge on any atom is -0.611 e. The van der Waals surface area contributed by atoms with Crippen LogP contribution in [-0.4, -0.2) is 33.2 Å². The average Bonchev–Trinajstić information content (AvgIpc) is 2.56. The molecule has 0 aliphatic carbocycles. The van der Waals surface area contributed by atoms with Crippen LogP contribution < -0.4 is 4.74 Å². The number of hydrogen-bond donors (Lipinski definition) is 1. The molecule has 1 unspecified atom stereocenters. The second-order valence-electron chi connectivity index (χ2n) is 5.34. The summed E-state index contributed by atoms with van der Waals surface area (Å²) >= 11 is -1.07. The van der Waals surface area contributed by atoms with Gasteiger partial charge in [0.1, 0.15) is 16.7 Å². The Labute approximate surface area is 133 Å². The highest BCUT2D eigenvalue weighted by molar-refractivity contribution is 7.92. The van der Waals surface area contributed by atoms with Crippen LogP contribution in [0.25, 0.3) is 0 Å². The van der Waals surface area contributed by atoms with Gasteiger partial charge in [-0.1, -0.05) is 24.3 Å². The maximum Gasteiger partial charge on any atom is 0.156 e. The van der Waals surface area contributed by atoms with Gasteiger partial charge in [0.25, 0.3) is 0 Å². The molecule has 0 aromatic heterocycles. The third-order valence-electron chi connectivity index (χ3n) is 3.74. The first-order chi connectivity index (χ1) is 10.7. The molecular formula is C17H19NO3S. The van der Waals surface area contributed by atoms with Crippen molar-refractivity contribution >= 4 is 11.2 Å². The fourth-order valence-corrected chi connectivity index (χ4v) is 4.01. The van der Waals surface area contributed by atoms with Crippen molar-refractivity contribution in [1.82, 2.24) is 5.06 Å². The van der Waals surface area contributed by atoms with Crippen LogP contribution in [0.4, 0.5) is 0 Å². The quantitative estimate of drug-likeness (QED) is 0.878. The molecule has 1 saturated heterocycles. The van der Waals surface area contributed by atoms with Crippen LogP contribution in [0.15, 0.2) is 59.5 Å². The van der Waals surface area contributed by atoms with Crippen LogP contribution in [-0.2, 0) is 11.2 Å². The molecule has 116 valence electrons. The number of ether oxygens (including phenoxy) is 1. The minimum atomic E-state index is -1.07. The van der Waals surface area contributed by atoms with E-state index >= 15 is 0 Å². The zero-order valence-electron chi connectivity index (χ0n) is 12.2. The van der Waals surface area contributed by atoms with Gasteiger partial charge in [0.2, 0.25) is 0 Å². The Bertz CT molecular complexity index is 600. The van der Waals surface area contributed by atoms with Gasteiger partial charge in [-0.3, -0.25) is 0 Å². The largest absolute Gasteiger partial charge is 0.611 e. The van der Waals surface area contributed by atoms with Crippen molar-refractivity contribution in [2.24, 2.45) is 0 Å². The highest BCUT2D eigenvalue weighted by atomic mass is 32.2. The van der Waals surface area contributed by atoms with E-state index in [4.69, 9.17) is 4.74 Å². The molecule has 1 aliphatic heterocycles. The zero-order chi connectivity index (χ0) is 15.4. The lowest BCUT2D eigenvalue weighted by molar-refractivity contribution is -0.102. The molecule has 0 saturated carbocycles. The first-order valence-electron chi connectivity index (χ1n) is 7.40. The zero-order valence-corrected chi connectivity index (χ0v) is 13.0. The highest BCUT2D eigenvalue weighted by Gasteiger charge is 2.29. The van der Waals surface area contributed by atoms with Gasteiger partial charge in [-0.2, -0.15) is 5.06 Å². The fraction of sp³-hybridized carbons (Fsp3) is 0.294. The molecule has 3 rings (SSSR count). The molecule has 1 N–H and O–H groups in total. The Morgan fingerprint density at radius 1 is 1.00 bits per heavy atom. The number of benzene rings is 2. The number of para-hydroxylation sites is 1. The molecule has 1 atom stereocenters. The summed E-state index contributed by atoms with van der Waals surface area (Å²) in [6.45, 7) is 1.16. The SMILES string of the molecule is [O-][S+](c1cccc(Oc2ccccc2)c1)C1CCN(O)CC1. The fourth-order valence-electron chi connectivity index (χ4n) is 2.54. The summed E-state index contributed by atoms with van der Waals surface area (Å²) < 4.78 is 18.5. The van der Waals surface area contributed by atoms with Crippen molar-refractivity contribution in [1.29, 1.82) is 0 Å². The first-order valence-corrected chi connectivity index (χ1v) is 8.61. The normalized spacial score (nSPS) is 18.1. The first kappa shape index (κ1) is 15.4. The third-order valence-corrected chi connectivity index (χ3v) is 5.53. The Hall–Kier alpha value is -1.53. The summed E-state index contributed by atoms with van der Waals surface area (Å²) in [6.07, 6.45) is 1.49. The van der Waals surface area contributed by atoms with E-state index < -0.39 is 11.2 Å².